The third kappa shape index (κ3) is 7.43. The van der Waals surface area contributed by atoms with E-state index in [-0.39, 0.29) is 0 Å². The van der Waals surface area contributed by atoms with Crippen LogP contribution >= 0.6 is 0 Å². The molecule has 0 radical (unpaired) electrons. The maximum atomic E-state index is 2.38. The van der Waals surface area contributed by atoms with Crippen molar-refractivity contribution in [2.24, 2.45) is 0 Å². The van der Waals surface area contributed by atoms with Gasteiger partial charge in [0.05, 0.1) is 0 Å². The predicted octanol–water partition coefficient (Wildman–Crippen LogP) is 18.6. The number of hydrogen-bond donors (Lipinski definition) is 0. The molecule has 0 atom stereocenters. The Morgan fingerprint density at radius 2 is 0.433 bits per heavy atom. The molecule has 314 valence electrons. The van der Waals surface area contributed by atoms with Crippen molar-refractivity contribution in [1.29, 1.82) is 0 Å². The molecule has 0 aliphatic rings. The Kier molecular flexibility index (Phi) is 10.3. The third-order valence-corrected chi connectivity index (χ3v) is 13.3. The first-order valence-electron chi connectivity index (χ1n) is 23.1. The number of benzene rings is 12. The zero-order valence-electron chi connectivity index (χ0n) is 36.9. The minimum absolute atomic E-state index is 1.08. The highest BCUT2D eigenvalue weighted by atomic mass is 15.1. The van der Waals surface area contributed by atoms with Crippen molar-refractivity contribution in [2.75, 3.05) is 4.90 Å². The Morgan fingerprint density at radius 1 is 0.179 bits per heavy atom. The SMILES string of the molecule is c1ccc(-c2c(-c3ccc(N(c4ccc(-c5ccc6ccccc6c5-c5ccccc5)cc4)c4ccc(-c5ccc6ccccc6c5-c5ccccc5)cc4)cc3)ccc3ccccc23)cc1. The van der Waals surface area contributed by atoms with Crippen molar-refractivity contribution in [2.45, 2.75) is 0 Å². The lowest BCUT2D eigenvalue weighted by atomic mass is 9.89. The van der Waals surface area contributed by atoms with Crippen molar-refractivity contribution in [3.05, 3.63) is 273 Å². The summed E-state index contributed by atoms with van der Waals surface area (Å²) < 4.78 is 0. The van der Waals surface area contributed by atoms with Crippen LogP contribution in [-0.4, -0.2) is 0 Å². The van der Waals surface area contributed by atoms with Gasteiger partial charge in [0.2, 0.25) is 0 Å². The number of fused-ring (bicyclic) bond motifs is 3. The van der Waals surface area contributed by atoms with E-state index in [9.17, 15) is 0 Å². The summed E-state index contributed by atoms with van der Waals surface area (Å²) in [5, 5.41) is 7.46. The molecule has 0 saturated heterocycles. The van der Waals surface area contributed by atoms with Gasteiger partial charge in [-0.25, -0.2) is 0 Å². The molecule has 12 aromatic carbocycles. The van der Waals surface area contributed by atoms with Crippen LogP contribution in [0, 0.1) is 0 Å². The molecule has 0 aliphatic carbocycles. The number of hydrogen-bond acceptors (Lipinski definition) is 1. The molecule has 12 rings (SSSR count). The summed E-state index contributed by atoms with van der Waals surface area (Å²) in [6.45, 7) is 0. The minimum Gasteiger partial charge on any atom is -0.311 e. The number of rotatable bonds is 9. The van der Waals surface area contributed by atoms with E-state index in [0.29, 0.717) is 0 Å². The monoisotopic (exact) mass is 851 g/mol. The number of anilines is 3. The summed E-state index contributed by atoms with van der Waals surface area (Å²) in [7, 11) is 0. The molecule has 0 heterocycles. The van der Waals surface area contributed by atoms with Gasteiger partial charge in [0.15, 0.2) is 0 Å². The Bertz CT molecular complexity index is 3290. The van der Waals surface area contributed by atoms with Crippen LogP contribution < -0.4 is 4.90 Å². The van der Waals surface area contributed by atoms with Crippen molar-refractivity contribution in [1.82, 2.24) is 0 Å². The fraction of sp³-hybridized carbons (Fsp3) is 0. The highest BCUT2D eigenvalue weighted by molar-refractivity contribution is 6.07. The second-order valence-corrected chi connectivity index (χ2v) is 17.2. The summed E-state index contributed by atoms with van der Waals surface area (Å²) in [5.74, 6) is 0. The standard InChI is InChI=1S/C66H45N/c1-4-19-52(20-5-1)64-58-25-13-10-16-46(58)34-43-61(64)49-28-37-55(38-29-49)67(56-39-30-50(31-40-56)62-44-35-47-17-11-14-26-59(47)65(62)53-21-6-2-7-22-53)57-41-32-51(33-42-57)63-45-36-48-18-12-15-27-60(48)66(63)54-23-8-3-9-24-54/h1-45H. The maximum absolute atomic E-state index is 2.38. The molecule has 0 amide bonds. The second-order valence-electron chi connectivity index (χ2n) is 17.2. The summed E-state index contributed by atoms with van der Waals surface area (Å²) in [4.78, 5) is 2.38. The maximum Gasteiger partial charge on any atom is 0.0462 e. The summed E-state index contributed by atoms with van der Waals surface area (Å²) in [6.07, 6.45) is 0. The fourth-order valence-electron chi connectivity index (χ4n) is 10.1. The van der Waals surface area contributed by atoms with E-state index >= 15 is 0 Å². The topological polar surface area (TPSA) is 3.24 Å². The number of nitrogens with zero attached hydrogens (tertiary/aromatic N) is 1. The smallest absolute Gasteiger partial charge is 0.0462 e. The molecule has 0 bridgehead atoms. The molecular weight excluding hydrogens is 807 g/mol. The van der Waals surface area contributed by atoms with E-state index in [1.165, 1.54) is 99.1 Å². The van der Waals surface area contributed by atoms with Gasteiger partial charge in [-0.2, -0.15) is 0 Å². The molecule has 0 aromatic heterocycles. The van der Waals surface area contributed by atoms with Gasteiger partial charge in [-0.1, -0.05) is 237 Å². The first-order chi connectivity index (χ1) is 33.2. The molecule has 1 nitrogen and oxygen atoms in total. The van der Waals surface area contributed by atoms with Crippen molar-refractivity contribution in [3.8, 4) is 66.8 Å². The van der Waals surface area contributed by atoms with Gasteiger partial charge >= 0.3 is 0 Å². The minimum atomic E-state index is 1.08. The van der Waals surface area contributed by atoms with Gasteiger partial charge in [-0.15, -0.1) is 0 Å². The summed E-state index contributed by atoms with van der Waals surface area (Å²) in [5.41, 5.74) is 17.8. The van der Waals surface area contributed by atoms with Crippen LogP contribution in [0.1, 0.15) is 0 Å². The highest BCUT2D eigenvalue weighted by Crippen LogP contribution is 2.44. The predicted molar refractivity (Wildman–Crippen MR) is 286 cm³/mol. The van der Waals surface area contributed by atoms with Crippen LogP contribution in [0.5, 0.6) is 0 Å². The van der Waals surface area contributed by atoms with Crippen LogP contribution in [0.2, 0.25) is 0 Å². The average Bonchev–Trinajstić information content (AvgIpc) is 3.41. The van der Waals surface area contributed by atoms with Gasteiger partial charge in [-0.05, 0) is 135 Å². The first-order valence-corrected chi connectivity index (χ1v) is 23.1. The fourth-order valence-corrected chi connectivity index (χ4v) is 10.1. The molecular formula is C66H45N. The summed E-state index contributed by atoms with van der Waals surface area (Å²) >= 11 is 0. The Morgan fingerprint density at radius 3 is 0.716 bits per heavy atom. The highest BCUT2D eigenvalue weighted by Gasteiger charge is 2.19. The van der Waals surface area contributed by atoms with Crippen LogP contribution in [0.4, 0.5) is 17.1 Å². The lowest BCUT2D eigenvalue weighted by Gasteiger charge is -2.26. The normalized spacial score (nSPS) is 11.3. The summed E-state index contributed by atoms with van der Waals surface area (Å²) in [6, 6.07) is 99.4. The first kappa shape index (κ1) is 39.8. The Balaban J connectivity index is 0.982. The van der Waals surface area contributed by atoms with E-state index in [2.05, 4.69) is 278 Å². The molecule has 12 aromatic rings. The van der Waals surface area contributed by atoms with Crippen molar-refractivity contribution in [3.63, 3.8) is 0 Å². The van der Waals surface area contributed by atoms with Gasteiger partial charge in [0, 0.05) is 17.1 Å². The van der Waals surface area contributed by atoms with E-state index < -0.39 is 0 Å². The van der Waals surface area contributed by atoms with Crippen LogP contribution in [0.25, 0.3) is 99.1 Å². The van der Waals surface area contributed by atoms with E-state index in [4.69, 9.17) is 0 Å². The molecule has 0 N–H and O–H groups in total. The molecule has 0 aliphatic heterocycles. The average molecular weight is 852 g/mol. The lowest BCUT2D eigenvalue weighted by molar-refractivity contribution is 1.28. The molecule has 1 heteroatoms. The van der Waals surface area contributed by atoms with E-state index in [1.807, 2.05) is 0 Å². The van der Waals surface area contributed by atoms with Crippen LogP contribution in [0.3, 0.4) is 0 Å². The molecule has 0 saturated carbocycles. The quantitative estimate of drug-likeness (QED) is 0.140. The molecule has 0 fully saturated rings. The molecule has 67 heavy (non-hydrogen) atoms. The van der Waals surface area contributed by atoms with Gasteiger partial charge in [0.1, 0.15) is 0 Å². The Labute approximate surface area is 392 Å². The van der Waals surface area contributed by atoms with E-state index in [1.54, 1.807) is 0 Å². The molecule has 0 unspecified atom stereocenters. The lowest BCUT2D eigenvalue weighted by Crippen LogP contribution is -2.10. The zero-order valence-corrected chi connectivity index (χ0v) is 36.9. The van der Waals surface area contributed by atoms with Crippen molar-refractivity contribution >= 4 is 49.4 Å². The largest absolute Gasteiger partial charge is 0.311 e. The van der Waals surface area contributed by atoms with E-state index in [0.717, 1.165) is 17.1 Å². The van der Waals surface area contributed by atoms with Crippen molar-refractivity contribution < 1.29 is 0 Å². The third-order valence-electron chi connectivity index (χ3n) is 13.3. The zero-order chi connectivity index (χ0) is 44.5. The van der Waals surface area contributed by atoms with Gasteiger partial charge in [0.25, 0.3) is 0 Å². The van der Waals surface area contributed by atoms with Crippen LogP contribution in [-0.2, 0) is 0 Å². The van der Waals surface area contributed by atoms with Crippen LogP contribution in [0.15, 0.2) is 273 Å². The van der Waals surface area contributed by atoms with Gasteiger partial charge in [-0.3, -0.25) is 0 Å². The molecule has 0 spiro atoms. The Hall–Kier alpha value is -8.78. The second kappa shape index (κ2) is 17.3. The van der Waals surface area contributed by atoms with Gasteiger partial charge < -0.3 is 4.90 Å².